The summed E-state index contributed by atoms with van der Waals surface area (Å²) in [5.41, 5.74) is -0.626. The molecule has 0 aromatic heterocycles. The van der Waals surface area contributed by atoms with Crippen LogP contribution in [0.2, 0.25) is 0 Å². The molecular formula is C14H23N3O3S. The van der Waals surface area contributed by atoms with Gasteiger partial charge in [0.15, 0.2) is 0 Å². The van der Waals surface area contributed by atoms with E-state index in [0.717, 1.165) is 43.9 Å². The van der Waals surface area contributed by atoms with Crippen molar-refractivity contribution in [3.05, 3.63) is 0 Å². The molecule has 1 N–H and O–H groups in total. The summed E-state index contributed by atoms with van der Waals surface area (Å²) >= 11 is 1.85. The van der Waals surface area contributed by atoms with Gasteiger partial charge in [-0.1, -0.05) is 6.92 Å². The number of morpholine rings is 1. The van der Waals surface area contributed by atoms with Gasteiger partial charge in [0.05, 0.1) is 19.4 Å². The van der Waals surface area contributed by atoms with Crippen molar-refractivity contribution in [2.45, 2.75) is 37.8 Å². The van der Waals surface area contributed by atoms with E-state index in [9.17, 15) is 9.59 Å². The first-order chi connectivity index (χ1) is 10.1. The minimum absolute atomic E-state index is 0.0349. The third-order valence-corrected chi connectivity index (χ3v) is 5.60. The molecule has 118 valence electrons. The van der Waals surface area contributed by atoms with Gasteiger partial charge in [-0.05, 0) is 30.8 Å². The number of hydrogen-bond donors (Lipinski definition) is 1. The molecule has 3 fully saturated rings. The number of carbonyl (C=O) groups is 2. The molecule has 3 rings (SSSR count). The maximum atomic E-state index is 12.7. The van der Waals surface area contributed by atoms with Crippen LogP contribution in [0, 0.1) is 0 Å². The van der Waals surface area contributed by atoms with Crippen molar-refractivity contribution < 1.29 is 14.3 Å². The summed E-state index contributed by atoms with van der Waals surface area (Å²) in [4.78, 5) is 28.4. The first kappa shape index (κ1) is 15.1. The third-order valence-electron chi connectivity index (χ3n) is 4.61. The second-order valence-corrected chi connectivity index (χ2v) is 7.20. The maximum Gasteiger partial charge on any atom is 0.326 e. The van der Waals surface area contributed by atoms with E-state index in [1.807, 2.05) is 11.8 Å². The Morgan fingerprint density at radius 1 is 1.38 bits per heavy atom. The van der Waals surface area contributed by atoms with E-state index >= 15 is 0 Å². The molecule has 3 aliphatic heterocycles. The number of urea groups is 1. The standard InChI is InChI=1S/C14H23N3O3S/c1-2-11-9-16(5-6-20-11)10-17-12(18)14(15-13(17)19)3-7-21-8-4-14/h11H,2-10H2,1H3,(H,15,19)/t11-/m1/s1. The van der Waals surface area contributed by atoms with Crippen LogP contribution in [0.3, 0.4) is 0 Å². The fraction of sp³-hybridized carbons (Fsp3) is 0.857. The molecule has 21 heavy (non-hydrogen) atoms. The molecular weight excluding hydrogens is 290 g/mol. The number of carbonyl (C=O) groups excluding carboxylic acids is 2. The highest BCUT2D eigenvalue weighted by atomic mass is 32.2. The monoisotopic (exact) mass is 313 g/mol. The number of imide groups is 1. The lowest BCUT2D eigenvalue weighted by Crippen LogP contribution is -2.51. The highest BCUT2D eigenvalue weighted by molar-refractivity contribution is 7.99. The van der Waals surface area contributed by atoms with Crippen LogP contribution in [-0.4, -0.2) is 71.3 Å². The molecule has 0 aromatic rings. The highest BCUT2D eigenvalue weighted by Crippen LogP contribution is 2.32. The Bertz CT molecular complexity index is 426. The normalized spacial score (nSPS) is 30.0. The highest BCUT2D eigenvalue weighted by Gasteiger charge is 2.51. The Morgan fingerprint density at radius 3 is 2.86 bits per heavy atom. The van der Waals surface area contributed by atoms with Crippen molar-refractivity contribution in [1.29, 1.82) is 0 Å². The molecule has 7 heteroatoms. The second kappa shape index (κ2) is 6.14. The topological polar surface area (TPSA) is 61.9 Å². The van der Waals surface area contributed by atoms with Gasteiger partial charge >= 0.3 is 6.03 Å². The van der Waals surface area contributed by atoms with Crippen molar-refractivity contribution in [1.82, 2.24) is 15.1 Å². The van der Waals surface area contributed by atoms with Crippen LogP contribution in [-0.2, 0) is 9.53 Å². The van der Waals surface area contributed by atoms with Crippen molar-refractivity contribution in [3.63, 3.8) is 0 Å². The van der Waals surface area contributed by atoms with Crippen LogP contribution in [0.15, 0.2) is 0 Å². The summed E-state index contributed by atoms with van der Waals surface area (Å²) in [6, 6.07) is -0.230. The molecule has 0 aliphatic carbocycles. The predicted molar refractivity (Wildman–Crippen MR) is 81.1 cm³/mol. The number of rotatable bonds is 3. The average molecular weight is 313 g/mol. The van der Waals surface area contributed by atoms with E-state index in [-0.39, 0.29) is 18.0 Å². The van der Waals surface area contributed by atoms with Crippen molar-refractivity contribution >= 4 is 23.7 Å². The summed E-state index contributed by atoms with van der Waals surface area (Å²) in [5.74, 6) is 1.84. The number of thioether (sulfide) groups is 1. The van der Waals surface area contributed by atoms with Crippen molar-refractivity contribution in [2.75, 3.05) is 37.9 Å². The second-order valence-electron chi connectivity index (χ2n) is 5.98. The number of amides is 3. The molecule has 0 unspecified atom stereocenters. The molecule has 6 nitrogen and oxygen atoms in total. The van der Waals surface area contributed by atoms with E-state index in [1.54, 1.807) is 0 Å². The first-order valence-electron chi connectivity index (χ1n) is 7.70. The zero-order valence-corrected chi connectivity index (χ0v) is 13.3. The molecule has 1 atom stereocenters. The van der Waals surface area contributed by atoms with Crippen LogP contribution in [0.1, 0.15) is 26.2 Å². The fourth-order valence-corrected chi connectivity index (χ4v) is 4.41. The summed E-state index contributed by atoms with van der Waals surface area (Å²) in [6.45, 7) is 4.72. The van der Waals surface area contributed by atoms with Crippen LogP contribution in [0.4, 0.5) is 4.79 Å². The smallest absolute Gasteiger partial charge is 0.326 e. The van der Waals surface area contributed by atoms with Crippen LogP contribution >= 0.6 is 11.8 Å². The zero-order valence-electron chi connectivity index (χ0n) is 12.5. The summed E-state index contributed by atoms with van der Waals surface area (Å²) in [6.07, 6.45) is 2.66. The lowest BCUT2D eigenvalue weighted by Gasteiger charge is -2.34. The van der Waals surface area contributed by atoms with Gasteiger partial charge in [0.1, 0.15) is 5.54 Å². The minimum Gasteiger partial charge on any atom is -0.376 e. The van der Waals surface area contributed by atoms with Crippen LogP contribution in [0.5, 0.6) is 0 Å². The van der Waals surface area contributed by atoms with E-state index in [4.69, 9.17) is 4.74 Å². The molecule has 3 saturated heterocycles. The Kier molecular flexibility index (Phi) is 4.42. The SMILES string of the molecule is CC[C@@H]1CN(CN2C(=O)NC3(CCSCC3)C2=O)CCO1. The van der Waals surface area contributed by atoms with Crippen LogP contribution in [0.25, 0.3) is 0 Å². The van der Waals surface area contributed by atoms with Gasteiger partial charge in [-0.2, -0.15) is 11.8 Å². The minimum atomic E-state index is -0.626. The molecule has 0 aromatic carbocycles. The summed E-state index contributed by atoms with van der Waals surface area (Å²) in [5, 5.41) is 2.95. The molecule has 0 bridgehead atoms. The Hall–Kier alpha value is -0.790. The Balaban J connectivity index is 1.65. The predicted octanol–water partition coefficient (Wildman–Crippen LogP) is 0.872. The molecule has 0 radical (unpaired) electrons. The van der Waals surface area contributed by atoms with E-state index < -0.39 is 5.54 Å². The average Bonchev–Trinajstić information content (AvgIpc) is 2.73. The van der Waals surface area contributed by atoms with Gasteiger partial charge in [0.2, 0.25) is 0 Å². The van der Waals surface area contributed by atoms with E-state index in [0.29, 0.717) is 13.3 Å². The molecule has 3 aliphatic rings. The van der Waals surface area contributed by atoms with Gasteiger partial charge in [-0.25, -0.2) is 9.69 Å². The maximum absolute atomic E-state index is 12.7. The summed E-state index contributed by atoms with van der Waals surface area (Å²) < 4.78 is 5.64. The zero-order chi connectivity index (χ0) is 14.9. The fourth-order valence-electron chi connectivity index (χ4n) is 3.22. The third kappa shape index (κ3) is 2.91. The largest absolute Gasteiger partial charge is 0.376 e. The van der Waals surface area contributed by atoms with Gasteiger partial charge < -0.3 is 10.1 Å². The lowest BCUT2D eigenvalue weighted by molar-refractivity contribution is -0.134. The first-order valence-corrected chi connectivity index (χ1v) is 8.86. The lowest BCUT2D eigenvalue weighted by atomic mass is 9.92. The van der Waals surface area contributed by atoms with E-state index in [1.165, 1.54) is 4.90 Å². The Morgan fingerprint density at radius 2 is 2.14 bits per heavy atom. The van der Waals surface area contributed by atoms with Gasteiger partial charge in [-0.3, -0.25) is 9.69 Å². The molecule has 1 spiro atoms. The number of nitrogens with one attached hydrogen (secondary N) is 1. The van der Waals surface area contributed by atoms with E-state index in [2.05, 4.69) is 17.1 Å². The van der Waals surface area contributed by atoms with Crippen molar-refractivity contribution in [2.24, 2.45) is 0 Å². The van der Waals surface area contributed by atoms with Crippen molar-refractivity contribution in [3.8, 4) is 0 Å². The molecule has 0 saturated carbocycles. The molecule has 3 heterocycles. The summed E-state index contributed by atoms with van der Waals surface area (Å²) in [7, 11) is 0. The quantitative estimate of drug-likeness (QED) is 0.784. The number of ether oxygens (including phenoxy) is 1. The van der Waals surface area contributed by atoms with Gasteiger partial charge in [0.25, 0.3) is 5.91 Å². The number of hydrogen-bond acceptors (Lipinski definition) is 5. The Labute approximate surface area is 129 Å². The van der Waals surface area contributed by atoms with Gasteiger partial charge in [0, 0.05) is 13.1 Å². The van der Waals surface area contributed by atoms with Gasteiger partial charge in [-0.15, -0.1) is 0 Å². The molecule has 3 amide bonds. The number of nitrogens with zero attached hydrogens (tertiary/aromatic N) is 2. The van der Waals surface area contributed by atoms with Crippen LogP contribution < -0.4 is 5.32 Å².